The number of hydrogen-bond acceptors (Lipinski definition) is 0. The largest absolute Gasteiger partial charge is 0.254 e. The van der Waals surface area contributed by atoms with E-state index < -0.39 is 0 Å². The zero-order valence-corrected chi connectivity index (χ0v) is 26.1. The second-order valence-electron chi connectivity index (χ2n) is 12.7. The summed E-state index contributed by atoms with van der Waals surface area (Å²) < 4.78 is 2.53. The maximum Gasteiger partial charge on any atom is 0.254 e. The minimum atomic E-state index is 0.634. The molecule has 1 heterocycles. The Bertz CT molecular complexity index is 576. The first-order valence-corrected chi connectivity index (χ1v) is 17.2. The molecule has 37 heavy (non-hydrogen) atoms. The molecule has 1 atom stereocenters. The van der Waals surface area contributed by atoms with Gasteiger partial charge in [0.1, 0.15) is 12.4 Å². The third-order valence-corrected chi connectivity index (χ3v) is 8.44. The van der Waals surface area contributed by atoms with Crippen LogP contribution >= 0.6 is 0 Å². The summed E-state index contributed by atoms with van der Waals surface area (Å²) >= 11 is 0. The normalized spacial score (nSPS) is 12.6. The van der Waals surface area contributed by atoms with Gasteiger partial charge in [-0.2, -0.15) is 0 Å². The summed E-state index contributed by atoms with van der Waals surface area (Å²) in [5.74, 6) is 2.33. The minimum Gasteiger partial charge on any atom is -0.248 e. The van der Waals surface area contributed by atoms with Gasteiger partial charge in [0.25, 0.3) is 5.82 Å². The molecular formula is C35H69N2+. The van der Waals surface area contributed by atoms with Gasteiger partial charge >= 0.3 is 0 Å². The fourth-order valence-electron chi connectivity index (χ4n) is 5.85. The summed E-state index contributed by atoms with van der Waals surface area (Å²) in [6.07, 6.45) is 41.4. The van der Waals surface area contributed by atoms with Crippen LogP contribution in [0.25, 0.3) is 0 Å². The Hall–Kier alpha value is -0.790. The Morgan fingerprint density at radius 2 is 0.946 bits per heavy atom. The smallest absolute Gasteiger partial charge is 0.248 e. The van der Waals surface area contributed by atoms with Crippen molar-refractivity contribution in [3.63, 3.8) is 0 Å². The molecule has 1 unspecified atom stereocenters. The predicted octanol–water partition coefficient (Wildman–Crippen LogP) is 11.8. The first-order chi connectivity index (χ1) is 18.1. The second-order valence-corrected chi connectivity index (χ2v) is 12.7. The van der Waals surface area contributed by atoms with Crippen LogP contribution in [0, 0.1) is 5.92 Å². The number of nitrogens with one attached hydrogen (secondary N) is 1. The fraction of sp³-hybridized carbons (Fsp3) is 0.914. The lowest BCUT2D eigenvalue weighted by atomic mass is 10.0. The number of aryl methyl sites for hydroxylation is 1. The molecule has 0 amide bonds. The van der Waals surface area contributed by atoms with Crippen molar-refractivity contribution >= 4 is 0 Å². The van der Waals surface area contributed by atoms with Crippen LogP contribution in [0.2, 0.25) is 0 Å². The van der Waals surface area contributed by atoms with E-state index in [0.717, 1.165) is 5.92 Å². The van der Waals surface area contributed by atoms with Crippen molar-refractivity contribution in [1.82, 2.24) is 4.98 Å². The van der Waals surface area contributed by atoms with Crippen molar-refractivity contribution in [3.8, 4) is 0 Å². The first-order valence-electron chi connectivity index (χ1n) is 17.2. The number of imidazole rings is 1. The first kappa shape index (κ1) is 34.2. The molecule has 0 aliphatic heterocycles. The van der Waals surface area contributed by atoms with Gasteiger partial charge < -0.3 is 0 Å². The van der Waals surface area contributed by atoms with Crippen molar-refractivity contribution in [2.75, 3.05) is 0 Å². The summed E-state index contributed by atoms with van der Waals surface area (Å²) in [6, 6.07) is 0.634. The number of rotatable bonds is 28. The molecule has 1 aromatic heterocycles. The lowest BCUT2D eigenvalue weighted by molar-refractivity contribution is -0.726. The van der Waals surface area contributed by atoms with Crippen LogP contribution in [0.15, 0.2) is 12.4 Å². The van der Waals surface area contributed by atoms with Crippen LogP contribution < -0.4 is 4.57 Å². The van der Waals surface area contributed by atoms with E-state index >= 15 is 0 Å². The van der Waals surface area contributed by atoms with Crippen molar-refractivity contribution < 1.29 is 4.57 Å². The molecule has 1 N–H and O–H groups in total. The molecule has 0 spiro atoms. The van der Waals surface area contributed by atoms with E-state index in [0.29, 0.717) is 6.04 Å². The SMILES string of the molecule is CCCCCCCCCCCCCCCC(C)[n+]1cc[nH]c1CCCCCCCCCCCCC(C)C. The number of unbranched alkanes of at least 4 members (excludes halogenated alkanes) is 21. The quantitative estimate of drug-likeness (QED) is 0.0842. The third-order valence-electron chi connectivity index (χ3n) is 8.44. The van der Waals surface area contributed by atoms with E-state index in [1.54, 1.807) is 0 Å². The molecule has 218 valence electrons. The molecule has 0 saturated carbocycles. The van der Waals surface area contributed by atoms with E-state index in [9.17, 15) is 0 Å². The molecule has 0 aliphatic rings. The molecule has 1 aromatic rings. The Morgan fingerprint density at radius 1 is 0.541 bits per heavy atom. The maximum absolute atomic E-state index is 3.54. The zero-order chi connectivity index (χ0) is 26.8. The number of nitrogens with zero attached hydrogens (tertiary/aromatic N) is 1. The van der Waals surface area contributed by atoms with Gasteiger partial charge in [0.2, 0.25) is 0 Å². The Balaban J connectivity index is 1.94. The van der Waals surface area contributed by atoms with Gasteiger partial charge in [-0.25, -0.2) is 9.55 Å². The molecule has 0 fully saturated rings. The highest BCUT2D eigenvalue weighted by molar-refractivity contribution is 4.78. The summed E-state index contributed by atoms with van der Waals surface area (Å²) in [6.45, 7) is 9.41. The van der Waals surface area contributed by atoms with Gasteiger partial charge in [-0.05, 0) is 32.1 Å². The van der Waals surface area contributed by atoms with Gasteiger partial charge in [0.15, 0.2) is 0 Å². The number of aromatic amines is 1. The number of aromatic nitrogens is 2. The standard InChI is InChI=1S/C35H68N2/c1-5-6-7-8-9-10-11-12-13-17-20-23-26-29-34(4)37-32-31-36-35(37)30-27-24-21-18-15-14-16-19-22-25-28-33(2)3/h31-34H,5-30H2,1-4H3/p+1. The molecule has 0 radical (unpaired) electrons. The molecular weight excluding hydrogens is 448 g/mol. The van der Waals surface area contributed by atoms with Crippen molar-refractivity contribution in [1.29, 1.82) is 0 Å². The topological polar surface area (TPSA) is 19.7 Å². The van der Waals surface area contributed by atoms with Crippen LogP contribution in [0.5, 0.6) is 0 Å². The minimum absolute atomic E-state index is 0.634. The summed E-state index contributed by atoms with van der Waals surface area (Å²) in [7, 11) is 0. The van der Waals surface area contributed by atoms with Crippen LogP contribution in [0.4, 0.5) is 0 Å². The van der Waals surface area contributed by atoms with Gasteiger partial charge in [-0.3, -0.25) is 0 Å². The zero-order valence-electron chi connectivity index (χ0n) is 26.1. The van der Waals surface area contributed by atoms with E-state index in [4.69, 9.17) is 0 Å². The fourth-order valence-corrected chi connectivity index (χ4v) is 5.85. The number of hydrogen-bond donors (Lipinski definition) is 1. The second kappa shape index (κ2) is 25.5. The summed E-state index contributed by atoms with van der Waals surface area (Å²) in [4.78, 5) is 3.54. The molecule has 0 saturated heterocycles. The molecule has 0 bridgehead atoms. The van der Waals surface area contributed by atoms with Crippen molar-refractivity contribution in [2.24, 2.45) is 5.92 Å². The van der Waals surface area contributed by atoms with Gasteiger partial charge in [0, 0.05) is 6.42 Å². The third kappa shape index (κ3) is 20.8. The van der Waals surface area contributed by atoms with E-state index in [-0.39, 0.29) is 0 Å². The number of H-pyrrole nitrogens is 1. The highest BCUT2D eigenvalue weighted by Crippen LogP contribution is 2.16. The molecule has 2 heteroatoms. The van der Waals surface area contributed by atoms with E-state index in [2.05, 4.69) is 49.6 Å². The Labute approximate surface area is 234 Å². The summed E-state index contributed by atoms with van der Waals surface area (Å²) in [5, 5.41) is 0. The molecule has 1 rings (SSSR count). The monoisotopic (exact) mass is 518 g/mol. The van der Waals surface area contributed by atoms with Crippen LogP contribution in [0.3, 0.4) is 0 Å². The maximum atomic E-state index is 3.54. The van der Waals surface area contributed by atoms with Crippen LogP contribution in [-0.2, 0) is 6.42 Å². The molecule has 0 aromatic carbocycles. The van der Waals surface area contributed by atoms with Crippen LogP contribution in [0.1, 0.15) is 200 Å². The molecule has 2 nitrogen and oxygen atoms in total. The van der Waals surface area contributed by atoms with Crippen molar-refractivity contribution in [3.05, 3.63) is 18.2 Å². The lowest BCUT2D eigenvalue weighted by Gasteiger charge is -2.10. The Morgan fingerprint density at radius 3 is 1.41 bits per heavy atom. The molecule has 0 aliphatic carbocycles. The van der Waals surface area contributed by atoms with E-state index in [1.165, 1.54) is 173 Å². The predicted molar refractivity (Wildman–Crippen MR) is 165 cm³/mol. The highest BCUT2D eigenvalue weighted by atomic mass is 15.1. The van der Waals surface area contributed by atoms with Crippen molar-refractivity contribution in [2.45, 2.75) is 201 Å². The van der Waals surface area contributed by atoms with Crippen LogP contribution in [-0.4, -0.2) is 4.98 Å². The average Bonchev–Trinajstić information content (AvgIpc) is 3.36. The highest BCUT2D eigenvalue weighted by Gasteiger charge is 2.16. The lowest BCUT2D eigenvalue weighted by Crippen LogP contribution is -2.39. The Kier molecular flexibility index (Phi) is 23.6. The summed E-state index contributed by atoms with van der Waals surface area (Å²) in [5.41, 5.74) is 0. The average molecular weight is 518 g/mol. The van der Waals surface area contributed by atoms with Gasteiger partial charge in [-0.15, -0.1) is 0 Å². The van der Waals surface area contributed by atoms with E-state index in [1.807, 2.05) is 0 Å². The van der Waals surface area contributed by atoms with Gasteiger partial charge in [0.05, 0.1) is 6.04 Å². The van der Waals surface area contributed by atoms with Gasteiger partial charge in [-0.1, -0.05) is 162 Å².